The minimum absolute atomic E-state index is 0.168. The summed E-state index contributed by atoms with van der Waals surface area (Å²) in [6.07, 6.45) is 1.60. The van der Waals surface area contributed by atoms with Gasteiger partial charge in [0.1, 0.15) is 6.26 Å². The van der Waals surface area contributed by atoms with Crippen LogP contribution in [-0.2, 0) is 11.2 Å². The number of aromatic nitrogens is 1. The molecule has 1 N–H and O–H groups in total. The Labute approximate surface area is 97.2 Å². The van der Waals surface area contributed by atoms with Crippen molar-refractivity contribution in [3.63, 3.8) is 0 Å². The molecule has 0 radical (unpaired) electrons. The summed E-state index contributed by atoms with van der Waals surface area (Å²) in [5.41, 5.74) is 1.18. The summed E-state index contributed by atoms with van der Waals surface area (Å²) >= 11 is 5.90. The van der Waals surface area contributed by atoms with Gasteiger partial charge in [-0.3, -0.25) is 4.79 Å². The molecule has 0 saturated carbocycles. The van der Waals surface area contributed by atoms with E-state index in [1.165, 1.54) is 6.26 Å². The lowest BCUT2D eigenvalue weighted by Crippen LogP contribution is -2.14. The number of benzene rings is 1. The number of halogens is 1. The van der Waals surface area contributed by atoms with Gasteiger partial charge in [0.25, 0.3) is 0 Å². The number of carbonyl (C=O) groups excluding carboxylic acids is 1. The second-order valence-electron chi connectivity index (χ2n) is 3.20. The van der Waals surface area contributed by atoms with Crippen LogP contribution in [-0.4, -0.2) is 11.1 Å². The van der Waals surface area contributed by atoms with Crippen molar-refractivity contribution in [1.82, 2.24) is 5.16 Å². The van der Waals surface area contributed by atoms with Crippen LogP contribution in [0.3, 0.4) is 0 Å². The van der Waals surface area contributed by atoms with Crippen molar-refractivity contribution in [3.8, 4) is 0 Å². The molecule has 1 heterocycles. The third kappa shape index (κ3) is 2.61. The van der Waals surface area contributed by atoms with E-state index in [9.17, 15) is 4.79 Å². The smallest absolute Gasteiger partial charge is 0.230 e. The molecular weight excluding hydrogens is 228 g/mol. The van der Waals surface area contributed by atoms with Crippen molar-refractivity contribution >= 4 is 23.2 Å². The van der Waals surface area contributed by atoms with Gasteiger partial charge in [-0.25, -0.2) is 0 Å². The van der Waals surface area contributed by atoms with E-state index in [1.54, 1.807) is 30.3 Å². The van der Waals surface area contributed by atoms with E-state index in [-0.39, 0.29) is 12.3 Å². The minimum Gasteiger partial charge on any atom is -0.364 e. The van der Waals surface area contributed by atoms with Crippen molar-refractivity contribution in [2.24, 2.45) is 0 Å². The maximum absolute atomic E-state index is 11.6. The molecule has 1 aromatic carbocycles. The molecule has 1 aromatic heterocycles. The molecule has 1 amide bonds. The summed E-state index contributed by atoms with van der Waals surface area (Å²) in [4.78, 5) is 11.6. The SMILES string of the molecule is O=C(Cc1ccon1)Nc1ccccc1Cl. The second-order valence-corrected chi connectivity index (χ2v) is 3.60. The van der Waals surface area contributed by atoms with Gasteiger partial charge in [-0.1, -0.05) is 28.9 Å². The fraction of sp³-hybridized carbons (Fsp3) is 0.0909. The number of anilines is 1. The van der Waals surface area contributed by atoms with Crippen LogP contribution in [0.1, 0.15) is 5.69 Å². The highest BCUT2D eigenvalue weighted by molar-refractivity contribution is 6.33. The molecule has 0 unspecified atom stereocenters. The molecule has 16 heavy (non-hydrogen) atoms. The molecule has 0 bridgehead atoms. The number of nitrogens with one attached hydrogen (secondary N) is 1. The molecule has 5 heteroatoms. The molecule has 0 fully saturated rings. The first kappa shape index (κ1) is 10.7. The Morgan fingerprint density at radius 2 is 2.19 bits per heavy atom. The summed E-state index contributed by atoms with van der Waals surface area (Å²) in [6, 6.07) is 8.70. The highest BCUT2D eigenvalue weighted by Crippen LogP contribution is 2.20. The first-order chi connectivity index (χ1) is 7.75. The molecule has 0 aliphatic heterocycles. The number of rotatable bonds is 3. The molecule has 82 valence electrons. The maximum atomic E-state index is 11.6. The van der Waals surface area contributed by atoms with Gasteiger partial charge in [0.2, 0.25) is 5.91 Å². The third-order valence-electron chi connectivity index (χ3n) is 1.98. The third-order valence-corrected chi connectivity index (χ3v) is 2.31. The summed E-state index contributed by atoms with van der Waals surface area (Å²) in [5, 5.41) is 6.86. The monoisotopic (exact) mass is 236 g/mol. The first-order valence-electron chi connectivity index (χ1n) is 4.69. The van der Waals surface area contributed by atoms with Crippen LogP contribution in [0, 0.1) is 0 Å². The summed E-state index contributed by atoms with van der Waals surface area (Å²) in [7, 11) is 0. The van der Waals surface area contributed by atoms with Crippen molar-refractivity contribution in [3.05, 3.63) is 47.3 Å². The predicted octanol–water partition coefficient (Wildman–Crippen LogP) is 2.51. The quantitative estimate of drug-likeness (QED) is 0.891. The molecule has 4 nitrogen and oxygen atoms in total. The number of carbonyl (C=O) groups is 1. The van der Waals surface area contributed by atoms with E-state index < -0.39 is 0 Å². The molecule has 2 rings (SSSR count). The normalized spacial score (nSPS) is 10.1. The summed E-state index contributed by atoms with van der Waals surface area (Å²) in [5.74, 6) is -0.179. The fourth-order valence-corrected chi connectivity index (χ4v) is 1.43. The number of nitrogens with zero attached hydrogens (tertiary/aromatic N) is 1. The topological polar surface area (TPSA) is 55.1 Å². The van der Waals surface area contributed by atoms with Gasteiger partial charge in [0.15, 0.2) is 0 Å². The second kappa shape index (κ2) is 4.81. The Bertz CT molecular complexity index is 482. The van der Waals surface area contributed by atoms with E-state index in [0.29, 0.717) is 16.4 Å². The molecule has 0 spiro atoms. The van der Waals surface area contributed by atoms with Gasteiger partial charge in [-0.05, 0) is 12.1 Å². The fourth-order valence-electron chi connectivity index (χ4n) is 1.25. The minimum atomic E-state index is -0.179. The Balaban J connectivity index is 2.00. The molecule has 0 aliphatic rings. The van der Waals surface area contributed by atoms with Gasteiger partial charge in [-0.2, -0.15) is 0 Å². The average molecular weight is 237 g/mol. The van der Waals surface area contributed by atoms with Crippen LogP contribution in [0.5, 0.6) is 0 Å². The van der Waals surface area contributed by atoms with Crippen LogP contribution in [0.15, 0.2) is 41.1 Å². The summed E-state index contributed by atoms with van der Waals surface area (Å²) in [6.45, 7) is 0. The van der Waals surface area contributed by atoms with E-state index in [0.717, 1.165) is 0 Å². The van der Waals surface area contributed by atoms with Crippen LogP contribution in [0.2, 0.25) is 5.02 Å². The van der Waals surface area contributed by atoms with E-state index >= 15 is 0 Å². The molecule has 2 aromatic rings. The first-order valence-corrected chi connectivity index (χ1v) is 5.07. The maximum Gasteiger partial charge on any atom is 0.230 e. The lowest BCUT2D eigenvalue weighted by atomic mass is 10.2. The van der Waals surface area contributed by atoms with Gasteiger partial charge in [0, 0.05) is 6.07 Å². The number of hydrogen-bond acceptors (Lipinski definition) is 3. The van der Waals surface area contributed by atoms with Gasteiger partial charge < -0.3 is 9.84 Å². The Hall–Kier alpha value is -1.81. The Morgan fingerprint density at radius 1 is 1.38 bits per heavy atom. The van der Waals surface area contributed by atoms with Crippen molar-refractivity contribution in [2.45, 2.75) is 6.42 Å². The van der Waals surface area contributed by atoms with Crippen LogP contribution in [0.4, 0.5) is 5.69 Å². The van der Waals surface area contributed by atoms with E-state index in [4.69, 9.17) is 11.6 Å². The van der Waals surface area contributed by atoms with Crippen LogP contribution in [0.25, 0.3) is 0 Å². The number of hydrogen-bond donors (Lipinski definition) is 1. The zero-order valence-corrected chi connectivity index (χ0v) is 9.07. The van der Waals surface area contributed by atoms with Crippen LogP contribution < -0.4 is 5.32 Å². The van der Waals surface area contributed by atoms with Gasteiger partial charge in [0.05, 0.1) is 22.8 Å². The highest BCUT2D eigenvalue weighted by atomic mass is 35.5. The standard InChI is InChI=1S/C11H9ClN2O2/c12-9-3-1-2-4-10(9)13-11(15)7-8-5-6-16-14-8/h1-6H,7H2,(H,13,15). The molecule has 0 atom stereocenters. The number of para-hydroxylation sites is 1. The lowest BCUT2D eigenvalue weighted by Gasteiger charge is -2.05. The van der Waals surface area contributed by atoms with Crippen molar-refractivity contribution in [2.75, 3.05) is 5.32 Å². The average Bonchev–Trinajstić information content (AvgIpc) is 2.74. The van der Waals surface area contributed by atoms with Crippen LogP contribution >= 0.6 is 11.6 Å². The largest absolute Gasteiger partial charge is 0.364 e. The van der Waals surface area contributed by atoms with Gasteiger partial charge >= 0.3 is 0 Å². The van der Waals surface area contributed by atoms with Crippen molar-refractivity contribution < 1.29 is 9.32 Å². The molecule has 0 aliphatic carbocycles. The van der Waals surface area contributed by atoms with E-state index in [1.807, 2.05) is 0 Å². The molecular formula is C11H9ClN2O2. The lowest BCUT2D eigenvalue weighted by molar-refractivity contribution is -0.115. The summed E-state index contributed by atoms with van der Waals surface area (Å²) < 4.78 is 4.63. The van der Waals surface area contributed by atoms with Gasteiger partial charge in [-0.15, -0.1) is 0 Å². The zero-order valence-electron chi connectivity index (χ0n) is 8.31. The van der Waals surface area contributed by atoms with Crippen molar-refractivity contribution in [1.29, 1.82) is 0 Å². The highest BCUT2D eigenvalue weighted by Gasteiger charge is 2.07. The molecule has 0 saturated heterocycles. The van der Waals surface area contributed by atoms with E-state index in [2.05, 4.69) is 15.0 Å². The Kier molecular flexibility index (Phi) is 3.22. The predicted molar refractivity (Wildman–Crippen MR) is 60.3 cm³/mol. The Morgan fingerprint density at radius 3 is 2.88 bits per heavy atom. The zero-order chi connectivity index (χ0) is 11.4. The number of amides is 1.